The highest BCUT2D eigenvalue weighted by atomic mass is 35.5. The van der Waals surface area contributed by atoms with Crippen molar-refractivity contribution in [3.8, 4) is 0 Å². The molecule has 24 heavy (non-hydrogen) atoms. The summed E-state index contributed by atoms with van der Waals surface area (Å²) in [5.41, 5.74) is 0. The number of nitrogens with one attached hydrogen (secondary N) is 1. The van der Waals surface area contributed by atoms with Crippen molar-refractivity contribution in [2.45, 2.75) is 17.7 Å². The van der Waals surface area contributed by atoms with Crippen LogP contribution in [0.2, 0.25) is 5.02 Å². The lowest BCUT2D eigenvalue weighted by Crippen LogP contribution is -2.41. The van der Waals surface area contributed by atoms with Crippen LogP contribution in [0.25, 0.3) is 0 Å². The highest BCUT2D eigenvalue weighted by Gasteiger charge is 2.32. The number of carbonyl (C=O) groups excluding carboxylic acids is 2. The fraction of sp³-hybridized carbons (Fsp3) is 0.467. The number of hydrogen-bond donors (Lipinski definition) is 1. The lowest BCUT2D eigenvalue weighted by molar-refractivity contribution is -0.153. The van der Waals surface area contributed by atoms with Crippen LogP contribution in [0, 0.1) is 5.92 Å². The van der Waals surface area contributed by atoms with Gasteiger partial charge < -0.3 is 10.1 Å². The third-order valence-electron chi connectivity index (χ3n) is 3.86. The first kappa shape index (κ1) is 18.7. The second kappa shape index (κ2) is 7.96. The molecule has 1 fully saturated rings. The molecule has 0 bridgehead atoms. The number of likely N-dealkylation sites (N-methyl/N-ethyl adjacent to an activating group) is 1. The summed E-state index contributed by atoms with van der Waals surface area (Å²) < 4.78 is 31.4. The molecular weight excluding hydrogens is 356 g/mol. The molecule has 1 aliphatic heterocycles. The van der Waals surface area contributed by atoms with Crippen LogP contribution >= 0.6 is 11.6 Å². The van der Waals surface area contributed by atoms with Crippen LogP contribution in [0.15, 0.2) is 29.2 Å². The third kappa shape index (κ3) is 4.46. The number of sulfonamides is 1. The molecule has 0 atom stereocenters. The van der Waals surface area contributed by atoms with Gasteiger partial charge in [-0.25, -0.2) is 8.42 Å². The maximum atomic E-state index is 12.5. The van der Waals surface area contributed by atoms with Crippen LogP contribution in [0.4, 0.5) is 0 Å². The van der Waals surface area contributed by atoms with E-state index in [1.807, 2.05) is 0 Å². The van der Waals surface area contributed by atoms with Gasteiger partial charge in [0.05, 0.1) is 10.8 Å². The predicted octanol–water partition coefficient (Wildman–Crippen LogP) is 1.03. The maximum Gasteiger partial charge on any atom is 0.309 e. The highest BCUT2D eigenvalue weighted by molar-refractivity contribution is 7.89. The van der Waals surface area contributed by atoms with Crippen LogP contribution in [0.5, 0.6) is 0 Å². The van der Waals surface area contributed by atoms with Crippen molar-refractivity contribution in [3.05, 3.63) is 29.3 Å². The van der Waals surface area contributed by atoms with E-state index in [0.717, 1.165) is 0 Å². The molecule has 1 aromatic carbocycles. The number of halogens is 1. The van der Waals surface area contributed by atoms with Crippen molar-refractivity contribution in [2.24, 2.45) is 5.92 Å². The largest absolute Gasteiger partial charge is 0.455 e. The van der Waals surface area contributed by atoms with Gasteiger partial charge in [-0.3, -0.25) is 9.59 Å². The molecule has 132 valence electrons. The Kier molecular flexibility index (Phi) is 6.20. The Balaban J connectivity index is 1.93. The molecule has 1 saturated heterocycles. The summed E-state index contributed by atoms with van der Waals surface area (Å²) in [7, 11) is -2.14. The zero-order valence-corrected chi connectivity index (χ0v) is 14.8. The minimum Gasteiger partial charge on any atom is -0.455 e. The molecule has 1 amide bonds. The van der Waals surface area contributed by atoms with Gasteiger partial charge in [0.25, 0.3) is 5.91 Å². The molecule has 0 saturated carbocycles. The van der Waals surface area contributed by atoms with Crippen LogP contribution in [-0.2, 0) is 24.3 Å². The Morgan fingerprint density at radius 3 is 2.38 bits per heavy atom. The Morgan fingerprint density at radius 2 is 1.83 bits per heavy atom. The number of ether oxygens (including phenoxy) is 1. The van der Waals surface area contributed by atoms with Crippen LogP contribution in [0.3, 0.4) is 0 Å². The van der Waals surface area contributed by atoms with Gasteiger partial charge in [0, 0.05) is 25.2 Å². The maximum absolute atomic E-state index is 12.5. The van der Waals surface area contributed by atoms with E-state index in [2.05, 4.69) is 5.32 Å². The van der Waals surface area contributed by atoms with E-state index in [1.54, 1.807) is 0 Å². The summed E-state index contributed by atoms with van der Waals surface area (Å²) in [6.45, 7) is 0.133. The van der Waals surface area contributed by atoms with Gasteiger partial charge in [-0.2, -0.15) is 4.31 Å². The topological polar surface area (TPSA) is 92.8 Å². The molecule has 1 heterocycles. The fourth-order valence-electron chi connectivity index (χ4n) is 2.41. The summed E-state index contributed by atoms with van der Waals surface area (Å²) in [6, 6.07) is 5.97. The lowest BCUT2D eigenvalue weighted by Gasteiger charge is -2.30. The normalized spacial score (nSPS) is 16.6. The SMILES string of the molecule is CNC(=O)COC(=O)C1CCN(S(=O)(=O)c2ccc(Cl)cc2)CC1. The van der Waals surface area contributed by atoms with E-state index < -0.39 is 21.9 Å². The molecule has 1 aliphatic rings. The molecule has 7 nitrogen and oxygen atoms in total. The van der Waals surface area contributed by atoms with Crippen molar-refractivity contribution in [1.29, 1.82) is 0 Å². The Bertz CT molecular complexity index is 697. The van der Waals surface area contributed by atoms with E-state index in [4.69, 9.17) is 16.3 Å². The Labute approximate surface area is 146 Å². The number of rotatable bonds is 5. The first-order valence-corrected chi connectivity index (χ1v) is 9.29. The Hall–Kier alpha value is -1.64. The van der Waals surface area contributed by atoms with Crippen LogP contribution in [0.1, 0.15) is 12.8 Å². The van der Waals surface area contributed by atoms with E-state index in [1.165, 1.54) is 35.6 Å². The van der Waals surface area contributed by atoms with Gasteiger partial charge in [0.15, 0.2) is 6.61 Å². The molecule has 1 aromatic rings. The molecule has 0 aliphatic carbocycles. The standard InChI is InChI=1S/C15H19ClN2O5S/c1-17-14(19)10-23-15(20)11-6-8-18(9-7-11)24(21,22)13-4-2-12(16)3-5-13/h2-5,11H,6-10H2,1H3,(H,17,19). The van der Waals surface area contributed by atoms with Gasteiger partial charge in [0.2, 0.25) is 10.0 Å². The van der Waals surface area contributed by atoms with Crippen LogP contribution in [-0.4, -0.2) is 51.3 Å². The zero-order valence-electron chi connectivity index (χ0n) is 13.2. The summed E-state index contributed by atoms with van der Waals surface area (Å²) in [6.07, 6.45) is 0.721. The lowest BCUT2D eigenvalue weighted by atomic mass is 9.98. The van der Waals surface area contributed by atoms with Crippen molar-refractivity contribution < 1.29 is 22.7 Å². The molecule has 0 spiro atoms. The average molecular weight is 375 g/mol. The number of piperidine rings is 1. The third-order valence-corrected chi connectivity index (χ3v) is 6.03. The summed E-state index contributed by atoms with van der Waals surface area (Å²) >= 11 is 5.78. The molecule has 9 heteroatoms. The number of esters is 1. The molecular formula is C15H19ClN2O5S. The van der Waals surface area contributed by atoms with Gasteiger partial charge in [-0.1, -0.05) is 11.6 Å². The average Bonchev–Trinajstić information content (AvgIpc) is 2.59. The van der Waals surface area contributed by atoms with Gasteiger partial charge in [0.1, 0.15) is 0 Å². The van der Waals surface area contributed by atoms with Crippen molar-refractivity contribution >= 4 is 33.5 Å². The number of benzene rings is 1. The Morgan fingerprint density at radius 1 is 1.25 bits per heavy atom. The molecule has 0 aromatic heterocycles. The molecule has 1 N–H and O–H groups in total. The number of nitrogens with zero attached hydrogens (tertiary/aromatic N) is 1. The molecule has 2 rings (SSSR count). The van der Waals surface area contributed by atoms with Crippen molar-refractivity contribution in [1.82, 2.24) is 9.62 Å². The first-order chi connectivity index (χ1) is 11.3. The van der Waals surface area contributed by atoms with E-state index in [9.17, 15) is 18.0 Å². The highest BCUT2D eigenvalue weighted by Crippen LogP contribution is 2.25. The summed E-state index contributed by atoms with van der Waals surface area (Å²) in [5.74, 6) is -1.25. The van der Waals surface area contributed by atoms with Crippen LogP contribution < -0.4 is 5.32 Å². The van der Waals surface area contributed by atoms with E-state index in [0.29, 0.717) is 17.9 Å². The fourth-order valence-corrected chi connectivity index (χ4v) is 4.01. The minimum atomic E-state index is -3.60. The second-order valence-electron chi connectivity index (χ2n) is 5.41. The van der Waals surface area contributed by atoms with Gasteiger partial charge >= 0.3 is 5.97 Å². The number of amides is 1. The summed E-state index contributed by atoms with van der Waals surface area (Å²) in [5, 5.41) is 2.82. The van der Waals surface area contributed by atoms with E-state index >= 15 is 0 Å². The smallest absolute Gasteiger partial charge is 0.309 e. The van der Waals surface area contributed by atoms with Gasteiger partial charge in [-0.15, -0.1) is 0 Å². The van der Waals surface area contributed by atoms with Crippen molar-refractivity contribution in [3.63, 3.8) is 0 Å². The monoisotopic (exact) mass is 374 g/mol. The molecule has 0 unspecified atom stereocenters. The second-order valence-corrected chi connectivity index (χ2v) is 7.79. The number of hydrogen-bond acceptors (Lipinski definition) is 5. The summed E-state index contributed by atoms with van der Waals surface area (Å²) in [4.78, 5) is 23.1. The first-order valence-electron chi connectivity index (χ1n) is 7.47. The zero-order chi connectivity index (χ0) is 17.7. The predicted molar refractivity (Wildman–Crippen MR) is 88.0 cm³/mol. The quantitative estimate of drug-likeness (QED) is 0.777. The van der Waals surface area contributed by atoms with Crippen molar-refractivity contribution in [2.75, 3.05) is 26.7 Å². The molecule has 0 radical (unpaired) electrons. The van der Waals surface area contributed by atoms with E-state index in [-0.39, 0.29) is 30.5 Å². The minimum absolute atomic E-state index is 0.174. The number of carbonyl (C=O) groups is 2. The van der Waals surface area contributed by atoms with Gasteiger partial charge in [-0.05, 0) is 37.1 Å².